The SMILES string of the molecule is O=C(NN1CCC(CC[C@H](O)COc2ccc(Cl)c(F)c2)CC1)c1ccc2cc(Cl)ccc2n1. The summed E-state index contributed by atoms with van der Waals surface area (Å²) >= 11 is 11.7. The normalized spacial score (nSPS) is 15.9. The summed E-state index contributed by atoms with van der Waals surface area (Å²) in [5.74, 6) is 0.0179. The van der Waals surface area contributed by atoms with E-state index in [1.54, 1.807) is 24.3 Å². The number of hydrogen-bond acceptors (Lipinski definition) is 5. The van der Waals surface area contributed by atoms with Gasteiger partial charge in [-0.15, -0.1) is 0 Å². The van der Waals surface area contributed by atoms with Gasteiger partial charge in [0.05, 0.1) is 16.6 Å². The highest BCUT2D eigenvalue weighted by Crippen LogP contribution is 2.24. The second-order valence-corrected chi connectivity index (χ2v) is 9.37. The van der Waals surface area contributed by atoms with Crippen molar-refractivity contribution in [2.24, 2.45) is 5.92 Å². The van der Waals surface area contributed by atoms with Crippen LogP contribution in [0.5, 0.6) is 5.75 Å². The number of rotatable bonds is 8. The zero-order valence-corrected chi connectivity index (χ0v) is 20.0. The molecule has 1 atom stereocenters. The first-order valence-corrected chi connectivity index (χ1v) is 12.0. The summed E-state index contributed by atoms with van der Waals surface area (Å²) in [6.07, 6.45) is 2.65. The van der Waals surface area contributed by atoms with Gasteiger partial charge in [-0.25, -0.2) is 14.4 Å². The summed E-state index contributed by atoms with van der Waals surface area (Å²) in [6, 6.07) is 13.1. The Balaban J connectivity index is 1.18. The summed E-state index contributed by atoms with van der Waals surface area (Å²) < 4.78 is 18.9. The van der Waals surface area contributed by atoms with Gasteiger partial charge in [-0.3, -0.25) is 10.2 Å². The van der Waals surface area contributed by atoms with Crippen molar-refractivity contribution in [3.63, 3.8) is 0 Å². The number of hydrogen-bond donors (Lipinski definition) is 2. The standard InChI is InChI=1S/C25H26Cl2FN3O3/c26-18-3-8-23-17(13-18)2-7-24(29-23)25(33)30-31-11-9-16(10-12-31)1-4-19(32)15-34-20-5-6-21(27)22(28)14-20/h2-3,5-8,13-14,16,19,32H,1,4,9-12,15H2,(H,30,33)/t19-/m0/s1. The van der Waals surface area contributed by atoms with Gasteiger partial charge in [-0.1, -0.05) is 29.3 Å². The van der Waals surface area contributed by atoms with Gasteiger partial charge in [0.2, 0.25) is 0 Å². The average molecular weight is 506 g/mol. The van der Waals surface area contributed by atoms with Gasteiger partial charge in [0.25, 0.3) is 5.91 Å². The van der Waals surface area contributed by atoms with Crippen LogP contribution in [0.3, 0.4) is 0 Å². The molecule has 0 spiro atoms. The fraction of sp³-hybridized carbons (Fsp3) is 0.360. The molecule has 3 aromatic rings. The first-order chi connectivity index (χ1) is 16.4. The van der Waals surface area contributed by atoms with Gasteiger partial charge < -0.3 is 9.84 Å². The molecule has 34 heavy (non-hydrogen) atoms. The maximum atomic E-state index is 13.5. The van der Waals surface area contributed by atoms with Crippen molar-refractivity contribution >= 4 is 40.0 Å². The maximum absolute atomic E-state index is 13.5. The number of aliphatic hydroxyl groups is 1. The first kappa shape index (κ1) is 24.7. The molecule has 0 radical (unpaired) electrons. The minimum atomic E-state index is -0.634. The predicted molar refractivity (Wildman–Crippen MR) is 131 cm³/mol. The number of hydrazine groups is 1. The lowest BCUT2D eigenvalue weighted by Crippen LogP contribution is -2.46. The van der Waals surface area contributed by atoms with E-state index in [0.717, 1.165) is 43.3 Å². The quantitative estimate of drug-likeness (QED) is 0.436. The van der Waals surface area contributed by atoms with Crippen LogP contribution in [0.2, 0.25) is 10.0 Å². The van der Waals surface area contributed by atoms with Crippen LogP contribution in [0.1, 0.15) is 36.2 Å². The van der Waals surface area contributed by atoms with E-state index in [0.29, 0.717) is 28.8 Å². The van der Waals surface area contributed by atoms with Crippen molar-refractivity contribution in [3.8, 4) is 5.75 Å². The number of aromatic nitrogens is 1. The van der Waals surface area contributed by atoms with Crippen molar-refractivity contribution in [2.45, 2.75) is 31.8 Å². The molecule has 1 aromatic heterocycles. The van der Waals surface area contributed by atoms with Crippen molar-refractivity contribution in [3.05, 3.63) is 70.1 Å². The van der Waals surface area contributed by atoms with Crippen molar-refractivity contribution < 1.29 is 19.0 Å². The Bertz CT molecular complexity index is 1160. The van der Waals surface area contributed by atoms with Gasteiger partial charge in [0.15, 0.2) is 0 Å². The highest BCUT2D eigenvalue weighted by Gasteiger charge is 2.22. The lowest BCUT2D eigenvalue weighted by Gasteiger charge is -2.32. The number of carbonyl (C=O) groups excluding carboxylic acids is 1. The summed E-state index contributed by atoms with van der Waals surface area (Å²) in [5, 5.41) is 13.7. The second-order valence-electron chi connectivity index (χ2n) is 8.52. The van der Waals surface area contributed by atoms with E-state index >= 15 is 0 Å². The Morgan fingerprint density at radius 3 is 2.74 bits per heavy atom. The molecule has 1 amide bonds. The highest BCUT2D eigenvalue weighted by atomic mass is 35.5. The van der Waals surface area contributed by atoms with Crippen molar-refractivity contribution in [1.29, 1.82) is 0 Å². The molecule has 2 aromatic carbocycles. The molecule has 2 heterocycles. The molecule has 0 saturated carbocycles. The number of ether oxygens (including phenoxy) is 1. The van der Waals surface area contributed by atoms with Gasteiger partial charge >= 0.3 is 0 Å². The van der Waals surface area contributed by atoms with Gasteiger partial charge in [-0.05, 0) is 68.0 Å². The molecular weight excluding hydrogens is 480 g/mol. The molecule has 9 heteroatoms. The van der Waals surface area contributed by atoms with Crippen LogP contribution in [0.15, 0.2) is 48.5 Å². The molecule has 1 aliphatic rings. The minimum absolute atomic E-state index is 0.0364. The molecular formula is C25H26Cl2FN3O3. The second kappa shape index (κ2) is 11.3. The number of nitrogens with zero attached hydrogens (tertiary/aromatic N) is 2. The van der Waals surface area contributed by atoms with Crippen LogP contribution in [0, 0.1) is 11.7 Å². The Morgan fingerprint density at radius 2 is 1.97 bits per heavy atom. The van der Waals surface area contributed by atoms with Gasteiger partial charge in [-0.2, -0.15) is 0 Å². The summed E-state index contributed by atoms with van der Waals surface area (Å²) in [6.45, 7) is 1.56. The first-order valence-electron chi connectivity index (χ1n) is 11.3. The maximum Gasteiger partial charge on any atom is 0.284 e. The Kier molecular flexibility index (Phi) is 8.21. The van der Waals surface area contributed by atoms with E-state index in [-0.39, 0.29) is 17.5 Å². The fourth-order valence-corrected chi connectivity index (χ4v) is 4.33. The zero-order chi connectivity index (χ0) is 24.1. The third-order valence-electron chi connectivity index (χ3n) is 6.00. The summed E-state index contributed by atoms with van der Waals surface area (Å²) in [7, 11) is 0. The van der Waals surface area contributed by atoms with Gasteiger partial charge in [0, 0.05) is 29.6 Å². The molecule has 1 saturated heterocycles. The van der Waals surface area contributed by atoms with E-state index in [1.165, 1.54) is 12.1 Å². The van der Waals surface area contributed by atoms with Crippen molar-refractivity contribution in [1.82, 2.24) is 15.4 Å². The molecule has 6 nitrogen and oxygen atoms in total. The van der Waals surface area contributed by atoms with Crippen LogP contribution in [0.4, 0.5) is 4.39 Å². The number of amides is 1. The van der Waals surface area contributed by atoms with Crippen LogP contribution < -0.4 is 10.2 Å². The third kappa shape index (κ3) is 6.57. The van der Waals surface area contributed by atoms with E-state index in [2.05, 4.69) is 10.4 Å². The summed E-state index contributed by atoms with van der Waals surface area (Å²) in [4.78, 5) is 17.1. The molecule has 0 bridgehead atoms. The Hall–Kier alpha value is -2.45. The smallest absolute Gasteiger partial charge is 0.284 e. The van der Waals surface area contributed by atoms with Gasteiger partial charge in [0.1, 0.15) is 23.9 Å². The van der Waals surface area contributed by atoms with Crippen LogP contribution in [-0.4, -0.2) is 46.8 Å². The predicted octanol–water partition coefficient (Wildman–Crippen LogP) is 5.26. The topological polar surface area (TPSA) is 74.7 Å². The van der Waals surface area contributed by atoms with E-state index in [1.807, 2.05) is 17.1 Å². The number of piperidine rings is 1. The molecule has 2 N–H and O–H groups in total. The third-order valence-corrected chi connectivity index (χ3v) is 6.54. The van der Waals surface area contributed by atoms with Crippen LogP contribution in [-0.2, 0) is 0 Å². The number of fused-ring (bicyclic) bond motifs is 1. The average Bonchev–Trinajstić information content (AvgIpc) is 2.84. The Labute approximate surface area is 207 Å². The number of nitrogens with one attached hydrogen (secondary N) is 1. The van der Waals surface area contributed by atoms with Crippen LogP contribution >= 0.6 is 23.2 Å². The number of aliphatic hydroxyl groups excluding tert-OH is 1. The highest BCUT2D eigenvalue weighted by molar-refractivity contribution is 6.31. The number of benzene rings is 2. The number of pyridine rings is 1. The Morgan fingerprint density at radius 1 is 1.18 bits per heavy atom. The molecule has 1 aliphatic heterocycles. The fourth-order valence-electron chi connectivity index (χ4n) is 4.03. The number of carbonyl (C=O) groups is 1. The number of halogens is 3. The lowest BCUT2D eigenvalue weighted by atomic mass is 9.92. The lowest BCUT2D eigenvalue weighted by molar-refractivity contribution is 0.0643. The van der Waals surface area contributed by atoms with E-state index in [9.17, 15) is 14.3 Å². The summed E-state index contributed by atoms with van der Waals surface area (Å²) in [5.41, 5.74) is 4.02. The zero-order valence-electron chi connectivity index (χ0n) is 18.5. The molecule has 0 aliphatic carbocycles. The largest absolute Gasteiger partial charge is 0.491 e. The molecule has 0 unspecified atom stereocenters. The molecule has 180 valence electrons. The van der Waals surface area contributed by atoms with Crippen molar-refractivity contribution in [2.75, 3.05) is 19.7 Å². The van der Waals surface area contributed by atoms with Crippen LogP contribution in [0.25, 0.3) is 10.9 Å². The monoisotopic (exact) mass is 505 g/mol. The van der Waals surface area contributed by atoms with E-state index < -0.39 is 11.9 Å². The van der Waals surface area contributed by atoms with E-state index in [4.69, 9.17) is 27.9 Å². The molecule has 4 rings (SSSR count). The minimum Gasteiger partial charge on any atom is -0.491 e. The molecule has 1 fully saturated rings.